The van der Waals surface area contributed by atoms with Crippen LogP contribution in [0.5, 0.6) is 0 Å². The first kappa shape index (κ1) is 29.8. The van der Waals surface area contributed by atoms with Crippen LogP contribution in [-0.2, 0) is 4.79 Å². The number of halogens is 3. The average Bonchev–Trinajstić information content (AvgIpc) is 2.74. The molecular weight excluding hydrogens is 771 g/mol. The predicted octanol–water partition coefficient (Wildman–Crippen LogP) is -1.38. The van der Waals surface area contributed by atoms with Crippen LogP contribution in [0.2, 0.25) is 0 Å². The molecule has 0 aliphatic heterocycles. The van der Waals surface area contributed by atoms with E-state index in [4.69, 9.17) is 10.2 Å². The van der Waals surface area contributed by atoms with Crippen molar-refractivity contribution >= 4 is 91.2 Å². The summed E-state index contributed by atoms with van der Waals surface area (Å²) < 4.78 is -1.47. The van der Waals surface area contributed by atoms with E-state index in [0.29, 0.717) is 0 Å². The number of hydrogen-bond donors (Lipinski definition) is 7. The number of benzene rings is 1. The molecule has 0 bridgehead atoms. The van der Waals surface area contributed by atoms with Gasteiger partial charge in [0, 0.05) is 16.7 Å². The SMILES string of the molecule is C[N+]([O-])(C(=O)CO)c1c(I)c(C(=O)NCC(O)CO)c(I)c(C(=O)NCC(O)CO)c1I. The van der Waals surface area contributed by atoms with Crippen molar-refractivity contribution in [1.82, 2.24) is 15.3 Å². The smallest absolute Gasteiger partial charge is 0.344 e. The van der Waals surface area contributed by atoms with Gasteiger partial charge in [-0.2, -0.15) is 0 Å². The Kier molecular flexibility index (Phi) is 12.1. The number of likely N-dealkylation sites (N-methyl/N-ethyl adjacent to an activating group) is 1. The number of carbonyl (C=O) groups is 3. The van der Waals surface area contributed by atoms with Gasteiger partial charge in [0.05, 0.1) is 50.7 Å². The third-order valence-corrected chi connectivity index (χ3v) is 7.38. The van der Waals surface area contributed by atoms with Crippen LogP contribution in [0.3, 0.4) is 0 Å². The molecule has 0 aromatic heterocycles. The van der Waals surface area contributed by atoms with Crippen molar-refractivity contribution in [1.29, 1.82) is 0 Å². The van der Waals surface area contributed by atoms with E-state index in [9.17, 15) is 34.9 Å². The molecule has 180 valence electrons. The van der Waals surface area contributed by atoms with E-state index in [1.807, 2.05) is 0 Å². The Balaban J connectivity index is 3.72. The monoisotopic (exact) mass is 793 g/mol. The summed E-state index contributed by atoms with van der Waals surface area (Å²) in [5.41, 5.74) is -0.484. The summed E-state index contributed by atoms with van der Waals surface area (Å²) in [5.74, 6) is -2.68. The Morgan fingerprint density at radius 1 is 0.875 bits per heavy atom. The summed E-state index contributed by atoms with van der Waals surface area (Å²) in [7, 11) is 0.958. The fourth-order valence-corrected chi connectivity index (χ4v) is 7.48. The lowest BCUT2D eigenvalue weighted by atomic mass is 10.1. The van der Waals surface area contributed by atoms with Crippen LogP contribution in [-0.4, -0.2) is 95.4 Å². The van der Waals surface area contributed by atoms with Gasteiger partial charge in [-0.25, -0.2) is 4.79 Å². The summed E-state index contributed by atoms with van der Waals surface area (Å²) in [6.07, 6.45) is -2.48. The molecule has 0 fully saturated rings. The topological polar surface area (TPSA) is 199 Å². The molecule has 0 saturated heterocycles. The minimum absolute atomic E-state index is 0.0543. The zero-order valence-corrected chi connectivity index (χ0v) is 23.1. The van der Waals surface area contributed by atoms with E-state index >= 15 is 0 Å². The van der Waals surface area contributed by atoms with Crippen molar-refractivity contribution in [3.8, 4) is 0 Å². The Bertz CT molecular complexity index is 830. The van der Waals surface area contributed by atoms with E-state index in [1.165, 1.54) is 0 Å². The van der Waals surface area contributed by atoms with Crippen molar-refractivity contribution in [2.24, 2.45) is 0 Å². The van der Waals surface area contributed by atoms with Gasteiger partial charge in [-0.1, -0.05) is 0 Å². The quantitative estimate of drug-likeness (QED) is 0.0849. The maximum Gasteiger partial charge on any atom is 0.344 e. The highest BCUT2D eigenvalue weighted by molar-refractivity contribution is 14.1. The number of quaternary nitrogens is 1. The van der Waals surface area contributed by atoms with Gasteiger partial charge in [0.25, 0.3) is 11.8 Å². The molecule has 0 aliphatic rings. The Morgan fingerprint density at radius 3 is 1.56 bits per heavy atom. The number of hydroxylamine groups is 2. The van der Waals surface area contributed by atoms with Gasteiger partial charge >= 0.3 is 5.91 Å². The fourth-order valence-electron chi connectivity index (χ4n) is 2.41. The third kappa shape index (κ3) is 6.88. The van der Waals surface area contributed by atoms with Gasteiger partial charge in [-0.15, -0.1) is 0 Å². The zero-order chi connectivity index (χ0) is 24.8. The van der Waals surface area contributed by atoms with Crippen LogP contribution in [0.25, 0.3) is 0 Å². The number of nitrogens with one attached hydrogen (secondary N) is 2. The minimum Gasteiger partial charge on any atom is -0.620 e. The standard InChI is InChI=1S/C17H22I3N3O9/c1-23(32,9(29)6-26)15-13(19)10(16(30)21-2-7(27)4-24)12(18)11(14(15)20)17(31)22-3-8(28)5-25/h7-8,24-28H,2-6H2,1H3,(H,21,30)(H,22,31). The van der Waals surface area contributed by atoms with Gasteiger partial charge in [0.15, 0.2) is 12.3 Å². The number of aliphatic hydroxyl groups excluding tert-OH is 5. The molecule has 3 unspecified atom stereocenters. The van der Waals surface area contributed by atoms with Crippen LogP contribution < -0.4 is 15.3 Å². The molecule has 0 spiro atoms. The molecule has 0 heterocycles. The van der Waals surface area contributed by atoms with Gasteiger partial charge < -0.3 is 41.4 Å². The van der Waals surface area contributed by atoms with Crippen molar-refractivity contribution in [3.05, 3.63) is 27.0 Å². The van der Waals surface area contributed by atoms with Crippen molar-refractivity contribution < 1.29 is 39.9 Å². The van der Waals surface area contributed by atoms with E-state index in [1.54, 1.807) is 67.8 Å². The summed E-state index contributed by atoms with van der Waals surface area (Å²) >= 11 is 5.11. The molecular formula is C17H22I3N3O9. The molecule has 12 nitrogen and oxygen atoms in total. The maximum atomic E-state index is 13.2. The van der Waals surface area contributed by atoms with E-state index in [0.717, 1.165) is 7.05 Å². The van der Waals surface area contributed by atoms with Gasteiger partial charge in [-0.3, -0.25) is 14.2 Å². The van der Waals surface area contributed by atoms with Crippen LogP contribution in [0.4, 0.5) is 5.69 Å². The molecule has 0 aliphatic carbocycles. The number of hydrogen-bond acceptors (Lipinski definition) is 9. The number of aliphatic hydroxyl groups is 5. The van der Waals surface area contributed by atoms with Crippen LogP contribution in [0.1, 0.15) is 20.7 Å². The second kappa shape index (κ2) is 13.0. The van der Waals surface area contributed by atoms with Crippen LogP contribution in [0.15, 0.2) is 0 Å². The van der Waals surface area contributed by atoms with Crippen LogP contribution >= 0.6 is 67.8 Å². The second-order valence-corrected chi connectivity index (χ2v) is 9.85. The second-order valence-electron chi connectivity index (χ2n) is 6.61. The van der Waals surface area contributed by atoms with Gasteiger partial charge in [0.1, 0.15) is 0 Å². The zero-order valence-electron chi connectivity index (χ0n) is 16.6. The molecule has 1 rings (SSSR count). The Hall–Kier alpha value is -0.260. The molecule has 0 radical (unpaired) electrons. The summed E-state index contributed by atoms with van der Waals surface area (Å²) in [6, 6.07) is 0. The highest BCUT2D eigenvalue weighted by Gasteiger charge is 2.37. The van der Waals surface area contributed by atoms with E-state index < -0.39 is 54.4 Å². The van der Waals surface area contributed by atoms with E-state index in [2.05, 4.69) is 10.6 Å². The summed E-state index contributed by atoms with van der Waals surface area (Å²) in [4.78, 5) is 37.9. The van der Waals surface area contributed by atoms with Crippen molar-refractivity contribution in [2.45, 2.75) is 12.2 Å². The van der Waals surface area contributed by atoms with Gasteiger partial charge in [0.2, 0.25) is 0 Å². The Labute approximate surface area is 224 Å². The number of nitrogens with zero attached hydrogens (tertiary/aromatic N) is 1. The van der Waals surface area contributed by atoms with Crippen molar-refractivity contribution in [2.75, 3.05) is 40.0 Å². The minimum atomic E-state index is -1.71. The molecule has 15 heteroatoms. The molecule has 1 aromatic rings. The lowest BCUT2D eigenvalue weighted by Crippen LogP contribution is -2.48. The Morgan fingerprint density at radius 2 is 1.25 bits per heavy atom. The fraction of sp³-hybridized carbons (Fsp3) is 0.471. The lowest BCUT2D eigenvalue weighted by Gasteiger charge is -2.36. The maximum absolute atomic E-state index is 13.2. The summed E-state index contributed by atoms with van der Waals surface area (Å²) in [6.45, 7) is -2.91. The highest BCUT2D eigenvalue weighted by atomic mass is 127. The normalized spacial score (nSPS) is 14.9. The molecule has 32 heavy (non-hydrogen) atoms. The average molecular weight is 793 g/mol. The highest BCUT2D eigenvalue weighted by Crippen LogP contribution is 2.40. The number of rotatable bonds is 10. The molecule has 0 saturated carbocycles. The van der Waals surface area contributed by atoms with Gasteiger partial charge in [-0.05, 0) is 67.8 Å². The molecule has 3 amide bonds. The predicted molar refractivity (Wildman–Crippen MR) is 139 cm³/mol. The first-order valence-electron chi connectivity index (χ1n) is 8.92. The summed E-state index contributed by atoms with van der Waals surface area (Å²) in [5, 5.41) is 64.1. The first-order chi connectivity index (χ1) is 14.8. The third-order valence-electron chi connectivity index (χ3n) is 4.20. The number of carbonyl (C=O) groups excluding carboxylic acids is 3. The molecule has 1 aromatic carbocycles. The largest absolute Gasteiger partial charge is 0.620 e. The number of amides is 3. The molecule has 3 atom stereocenters. The molecule has 7 N–H and O–H groups in total. The van der Waals surface area contributed by atoms with Crippen LogP contribution in [0, 0.1) is 15.9 Å². The first-order valence-corrected chi connectivity index (χ1v) is 12.2. The van der Waals surface area contributed by atoms with E-state index in [-0.39, 0.29) is 40.6 Å². The lowest BCUT2D eigenvalue weighted by molar-refractivity contribution is -0.129. The van der Waals surface area contributed by atoms with Crippen molar-refractivity contribution in [3.63, 3.8) is 0 Å².